The van der Waals surface area contributed by atoms with E-state index in [-0.39, 0.29) is 6.10 Å². The summed E-state index contributed by atoms with van der Waals surface area (Å²) < 4.78 is 1.96. The van der Waals surface area contributed by atoms with Gasteiger partial charge in [-0.25, -0.2) is 0 Å². The molecule has 11 heavy (non-hydrogen) atoms. The zero-order valence-electron chi connectivity index (χ0n) is 7.26. The predicted octanol–water partition coefficient (Wildman–Crippen LogP) is 3.12. The third-order valence-electron chi connectivity index (χ3n) is 1.87. The maximum atomic E-state index is 9.53. The first kappa shape index (κ1) is 11.4. The van der Waals surface area contributed by atoms with Gasteiger partial charge in [-0.05, 0) is 22.8 Å². The summed E-state index contributed by atoms with van der Waals surface area (Å²) in [6.45, 7) is 4.26. The predicted molar refractivity (Wildman–Crippen MR) is 57.9 cm³/mol. The Morgan fingerprint density at radius 2 is 2.18 bits per heavy atom. The highest BCUT2D eigenvalue weighted by atomic mass is 127. The molecule has 0 aromatic carbocycles. The third kappa shape index (κ3) is 5.67. The molecule has 1 nitrogen and oxygen atoms in total. The van der Waals surface area contributed by atoms with Crippen LogP contribution in [0.4, 0.5) is 0 Å². The molecule has 0 aromatic heterocycles. The summed E-state index contributed by atoms with van der Waals surface area (Å²) in [4.78, 5) is 0. The van der Waals surface area contributed by atoms with Gasteiger partial charge in [0.25, 0.3) is 0 Å². The van der Waals surface area contributed by atoms with Gasteiger partial charge in [-0.15, -0.1) is 0 Å². The lowest BCUT2D eigenvalue weighted by Crippen LogP contribution is -2.16. The molecule has 0 aliphatic rings. The van der Waals surface area contributed by atoms with E-state index < -0.39 is 0 Å². The van der Waals surface area contributed by atoms with Gasteiger partial charge in [0.2, 0.25) is 0 Å². The van der Waals surface area contributed by atoms with E-state index >= 15 is 0 Å². The minimum atomic E-state index is -0.152. The van der Waals surface area contributed by atoms with Gasteiger partial charge in [0, 0.05) is 0 Å². The van der Waals surface area contributed by atoms with Crippen molar-refractivity contribution >= 4 is 22.6 Å². The van der Waals surface area contributed by atoms with Crippen LogP contribution in [0.3, 0.4) is 0 Å². The second-order valence-electron chi connectivity index (χ2n) is 2.93. The highest BCUT2D eigenvalue weighted by molar-refractivity contribution is 14.1. The van der Waals surface area contributed by atoms with E-state index in [1.54, 1.807) is 0 Å². The third-order valence-corrected chi connectivity index (χ3v) is 2.38. The van der Waals surface area contributed by atoms with Gasteiger partial charge in [-0.3, -0.25) is 0 Å². The van der Waals surface area contributed by atoms with Crippen molar-refractivity contribution in [2.24, 2.45) is 5.92 Å². The molecule has 0 radical (unpaired) electrons. The van der Waals surface area contributed by atoms with Crippen molar-refractivity contribution in [3.63, 3.8) is 0 Å². The first-order valence-electron chi connectivity index (χ1n) is 4.15. The van der Waals surface area contributed by atoms with Crippen LogP contribution < -0.4 is 0 Å². The van der Waals surface area contributed by atoms with Crippen LogP contribution in [-0.4, -0.2) is 11.2 Å². The van der Waals surface area contributed by atoms with Crippen LogP contribution in [-0.2, 0) is 0 Å². The van der Waals surface area contributed by atoms with Crippen molar-refractivity contribution in [1.82, 2.24) is 0 Å². The van der Waals surface area contributed by atoms with Crippen molar-refractivity contribution in [2.45, 2.75) is 39.2 Å². The summed E-state index contributed by atoms with van der Waals surface area (Å²) in [7, 11) is 0. The zero-order valence-corrected chi connectivity index (χ0v) is 9.41. The monoisotopic (exact) mass is 268 g/mol. The lowest BCUT2D eigenvalue weighted by atomic mass is 9.97. The Morgan fingerprint density at radius 3 is 2.64 bits per heavy atom. The molecular formula is C9H17IO. The van der Waals surface area contributed by atoms with Gasteiger partial charge in [0.15, 0.2) is 0 Å². The number of rotatable bonds is 5. The van der Waals surface area contributed by atoms with Crippen LogP contribution in [0.25, 0.3) is 0 Å². The first-order chi connectivity index (χ1) is 5.22. The molecule has 0 rings (SSSR count). The Kier molecular flexibility index (Phi) is 7.38. The molecule has 0 heterocycles. The van der Waals surface area contributed by atoms with Gasteiger partial charge in [0.05, 0.1) is 6.10 Å². The van der Waals surface area contributed by atoms with E-state index in [1.807, 2.05) is 10.2 Å². The molecule has 0 amide bonds. The molecule has 0 fully saturated rings. The second-order valence-corrected chi connectivity index (χ2v) is 3.65. The quantitative estimate of drug-likeness (QED) is 0.759. The average molecular weight is 268 g/mol. The molecule has 0 bridgehead atoms. The highest BCUT2D eigenvalue weighted by Gasteiger charge is 2.10. The fraction of sp³-hybridized carbons (Fsp3) is 0.778. The maximum Gasteiger partial charge on any atom is 0.0600 e. The minimum absolute atomic E-state index is 0.152. The van der Waals surface area contributed by atoms with E-state index in [9.17, 15) is 5.11 Å². The molecule has 0 saturated carbocycles. The summed E-state index contributed by atoms with van der Waals surface area (Å²) in [5.74, 6) is 0.438. The number of aliphatic hydroxyl groups is 1. The van der Waals surface area contributed by atoms with Crippen LogP contribution >= 0.6 is 22.6 Å². The van der Waals surface area contributed by atoms with Crippen LogP contribution in [0.15, 0.2) is 10.2 Å². The molecule has 1 N–H and O–H groups in total. The summed E-state index contributed by atoms with van der Waals surface area (Å²) in [5, 5.41) is 9.53. The molecule has 0 spiro atoms. The Balaban J connectivity index is 3.54. The minimum Gasteiger partial charge on any atom is -0.393 e. The van der Waals surface area contributed by atoms with E-state index in [2.05, 4.69) is 36.4 Å². The maximum absolute atomic E-state index is 9.53. The standard InChI is InChI=1S/C9H17IO/c1-3-5-8(2)9(11)6-4-7-10/h4,7-9,11H,3,5-6H2,1-2H3/b7-4+. The van der Waals surface area contributed by atoms with Crippen LogP contribution in [0.1, 0.15) is 33.1 Å². The topological polar surface area (TPSA) is 20.2 Å². The Labute approximate surface area is 83.0 Å². The molecule has 0 aliphatic heterocycles. The summed E-state index contributed by atoms with van der Waals surface area (Å²) in [6.07, 6.45) is 4.94. The largest absolute Gasteiger partial charge is 0.393 e. The molecule has 0 aromatic rings. The van der Waals surface area contributed by atoms with Gasteiger partial charge in [0.1, 0.15) is 0 Å². The fourth-order valence-corrected chi connectivity index (χ4v) is 1.36. The number of hydrogen-bond acceptors (Lipinski definition) is 1. The summed E-state index contributed by atoms with van der Waals surface area (Å²) in [5.41, 5.74) is 0. The lowest BCUT2D eigenvalue weighted by Gasteiger charge is -2.15. The van der Waals surface area contributed by atoms with Crippen LogP contribution in [0, 0.1) is 5.92 Å². The van der Waals surface area contributed by atoms with Gasteiger partial charge in [-0.1, -0.05) is 48.9 Å². The zero-order chi connectivity index (χ0) is 8.69. The first-order valence-corrected chi connectivity index (χ1v) is 5.40. The Hall–Kier alpha value is 0.430. The Bertz CT molecular complexity index is 112. The molecule has 66 valence electrons. The number of aliphatic hydroxyl groups excluding tert-OH is 1. The van der Waals surface area contributed by atoms with E-state index in [0.29, 0.717) is 5.92 Å². The SMILES string of the molecule is CCCC(C)C(O)C/C=C/I. The van der Waals surface area contributed by atoms with E-state index in [0.717, 1.165) is 19.3 Å². The lowest BCUT2D eigenvalue weighted by molar-refractivity contribution is 0.114. The van der Waals surface area contributed by atoms with Crippen LogP contribution in [0.5, 0.6) is 0 Å². The van der Waals surface area contributed by atoms with Gasteiger partial charge in [-0.2, -0.15) is 0 Å². The molecule has 0 aliphatic carbocycles. The second kappa shape index (κ2) is 7.10. The summed E-state index contributed by atoms with van der Waals surface area (Å²) >= 11 is 2.17. The van der Waals surface area contributed by atoms with Crippen molar-refractivity contribution in [2.75, 3.05) is 0 Å². The van der Waals surface area contributed by atoms with Crippen molar-refractivity contribution in [1.29, 1.82) is 0 Å². The molecule has 0 saturated heterocycles. The Morgan fingerprint density at radius 1 is 1.55 bits per heavy atom. The van der Waals surface area contributed by atoms with Gasteiger partial charge < -0.3 is 5.11 Å². The van der Waals surface area contributed by atoms with Crippen LogP contribution in [0.2, 0.25) is 0 Å². The van der Waals surface area contributed by atoms with Gasteiger partial charge >= 0.3 is 0 Å². The number of halogens is 1. The van der Waals surface area contributed by atoms with Crippen molar-refractivity contribution in [3.05, 3.63) is 10.2 Å². The highest BCUT2D eigenvalue weighted by Crippen LogP contribution is 2.13. The summed E-state index contributed by atoms with van der Waals surface area (Å²) in [6, 6.07) is 0. The van der Waals surface area contributed by atoms with Crippen molar-refractivity contribution in [3.8, 4) is 0 Å². The molecular weight excluding hydrogens is 251 g/mol. The molecule has 2 heteroatoms. The fourth-order valence-electron chi connectivity index (χ4n) is 1.07. The van der Waals surface area contributed by atoms with Crippen molar-refractivity contribution < 1.29 is 5.11 Å². The van der Waals surface area contributed by atoms with E-state index in [1.165, 1.54) is 0 Å². The normalized spacial score (nSPS) is 17.1. The smallest absolute Gasteiger partial charge is 0.0600 e. The molecule has 2 atom stereocenters. The van der Waals surface area contributed by atoms with E-state index in [4.69, 9.17) is 0 Å². The molecule has 2 unspecified atom stereocenters. The number of hydrogen-bond donors (Lipinski definition) is 1. The average Bonchev–Trinajstić information content (AvgIpc) is 2.00.